The average Bonchev–Trinajstić information content (AvgIpc) is 3.30. The summed E-state index contributed by atoms with van der Waals surface area (Å²) in [5, 5.41) is 0.528. The van der Waals surface area contributed by atoms with Crippen LogP contribution in [-0.2, 0) is 21.5 Å². The van der Waals surface area contributed by atoms with Crippen LogP contribution in [0.4, 0.5) is 0 Å². The molecule has 2 aromatic carbocycles. The molecule has 7 nitrogen and oxygen atoms in total. The lowest BCUT2D eigenvalue weighted by Gasteiger charge is -2.25. The highest BCUT2D eigenvalue weighted by molar-refractivity contribution is 5.78. The Morgan fingerprint density at radius 3 is 2.79 bits per heavy atom. The van der Waals surface area contributed by atoms with Gasteiger partial charge < -0.3 is 19.4 Å². The van der Waals surface area contributed by atoms with Crippen molar-refractivity contribution in [1.82, 2.24) is 14.9 Å². The number of hydrogen-bond acceptors (Lipinski definition) is 5. The monoisotopic (exact) mass is 449 g/mol. The first-order chi connectivity index (χ1) is 15.8. The predicted molar refractivity (Wildman–Crippen MR) is 127 cm³/mol. The first kappa shape index (κ1) is 23.0. The van der Waals surface area contributed by atoms with E-state index in [0.29, 0.717) is 35.6 Å². The molecular formula is C26H31N3O4. The average molecular weight is 450 g/mol. The molecular weight excluding hydrogens is 418 g/mol. The Morgan fingerprint density at radius 2 is 2.03 bits per heavy atom. The smallest absolute Gasteiger partial charge is 0.261 e. The quantitative estimate of drug-likeness (QED) is 0.593. The SMILES string of the molecule is CC(C)(C)c1cccc(OCC(=O)N(Cc2nc3ccccc3c(=O)[nH]2)C[C@H]2CCCO2)c1. The Morgan fingerprint density at radius 1 is 1.21 bits per heavy atom. The molecule has 1 aliphatic heterocycles. The highest BCUT2D eigenvalue weighted by atomic mass is 16.5. The fourth-order valence-corrected chi connectivity index (χ4v) is 3.97. The Bertz CT molecular complexity index is 1180. The second-order valence-corrected chi connectivity index (χ2v) is 9.51. The van der Waals surface area contributed by atoms with Gasteiger partial charge in [0.15, 0.2) is 6.61 Å². The number of para-hydroxylation sites is 1. The van der Waals surface area contributed by atoms with Crippen molar-refractivity contribution in [2.75, 3.05) is 19.8 Å². The van der Waals surface area contributed by atoms with Crippen LogP contribution in [0.25, 0.3) is 10.9 Å². The van der Waals surface area contributed by atoms with Crippen molar-refractivity contribution in [2.45, 2.75) is 51.7 Å². The maximum absolute atomic E-state index is 13.2. The van der Waals surface area contributed by atoms with Crippen molar-refractivity contribution >= 4 is 16.8 Å². The number of carbonyl (C=O) groups is 1. The van der Waals surface area contributed by atoms with Crippen LogP contribution in [0, 0.1) is 0 Å². The summed E-state index contributed by atoms with van der Waals surface area (Å²) in [7, 11) is 0. The molecule has 0 saturated carbocycles. The van der Waals surface area contributed by atoms with Crippen molar-refractivity contribution in [3.05, 3.63) is 70.3 Å². The molecule has 3 aromatic rings. The molecule has 33 heavy (non-hydrogen) atoms. The number of fused-ring (bicyclic) bond motifs is 1. The third-order valence-electron chi connectivity index (χ3n) is 5.87. The van der Waals surface area contributed by atoms with E-state index in [0.717, 1.165) is 18.4 Å². The Kier molecular flexibility index (Phi) is 6.79. The van der Waals surface area contributed by atoms with Gasteiger partial charge in [-0.25, -0.2) is 4.98 Å². The Labute approximate surface area is 193 Å². The number of H-pyrrole nitrogens is 1. The number of ether oxygens (including phenoxy) is 2. The molecule has 0 aliphatic carbocycles. The summed E-state index contributed by atoms with van der Waals surface area (Å²) >= 11 is 0. The Balaban J connectivity index is 1.50. The number of hydrogen-bond donors (Lipinski definition) is 1. The molecule has 1 aromatic heterocycles. The number of nitrogens with zero attached hydrogens (tertiary/aromatic N) is 2. The van der Waals surface area contributed by atoms with E-state index in [4.69, 9.17) is 9.47 Å². The third kappa shape index (κ3) is 5.79. The van der Waals surface area contributed by atoms with Crippen molar-refractivity contribution in [3.63, 3.8) is 0 Å². The lowest BCUT2D eigenvalue weighted by Crippen LogP contribution is -2.40. The van der Waals surface area contributed by atoms with E-state index in [9.17, 15) is 9.59 Å². The second kappa shape index (κ2) is 9.75. The van der Waals surface area contributed by atoms with Gasteiger partial charge in [0.25, 0.3) is 11.5 Å². The summed E-state index contributed by atoms with van der Waals surface area (Å²) in [6.07, 6.45) is 1.86. The molecule has 1 aliphatic rings. The Hall–Kier alpha value is -3.19. The molecule has 174 valence electrons. The van der Waals surface area contributed by atoms with Crippen LogP contribution in [0.1, 0.15) is 45.0 Å². The van der Waals surface area contributed by atoms with E-state index >= 15 is 0 Å². The highest BCUT2D eigenvalue weighted by Crippen LogP contribution is 2.25. The lowest BCUT2D eigenvalue weighted by atomic mass is 9.87. The molecule has 1 saturated heterocycles. The number of nitrogens with one attached hydrogen (secondary N) is 1. The molecule has 0 radical (unpaired) electrons. The van der Waals surface area contributed by atoms with Crippen LogP contribution in [0.15, 0.2) is 53.3 Å². The van der Waals surface area contributed by atoms with Crippen LogP contribution < -0.4 is 10.3 Å². The van der Waals surface area contributed by atoms with Crippen molar-refractivity contribution in [1.29, 1.82) is 0 Å². The van der Waals surface area contributed by atoms with E-state index in [2.05, 4.69) is 36.8 Å². The second-order valence-electron chi connectivity index (χ2n) is 9.51. The number of benzene rings is 2. The van der Waals surface area contributed by atoms with Gasteiger partial charge in [-0.1, -0.05) is 45.0 Å². The van der Waals surface area contributed by atoms with Crippen LogP contribution in [0.2, 0.25) is 0 Å². The maximum Gasteiger partial charge on any atom is 0.261 e. The van der Waals surface area contributed by atoms with Gasteiger partial charge in [-0.2, -0.15) is 0 Å². The van der Waals surface area contributed by atoms with Crippen LogP contribution in [0.5, 0.6) is 5.75 Å². The fourth-order valence-electron chi connectivity index (χ4n) is 3.97. The van der Waals surface area contributed by atoms with Gasteiger partial charge >= 0.3 is 0 Å². The summed E-state index contributed by atoms with van der Waals surface area (Å²) in [5.41, 5.74) is 1.52. The molecule has 0 unspecified atom stereocenters. The maximum atomic E-state index is 13.2. The number of amides is 1. The van der Waals surface area contributed by atoms with Gasteiger partial charge in [-0.05, 0) is 48.1 Å². The van der Waals surface area contributed by atoms with Gasteiger partial charge in [0.2, 0.25) is 0 Å². The number of aromatic amines is 1. The fraction of sp³-hybridized carbons (Fsp3) is 0.423. The zero-order valence-electron chi connectivity index (χ0n) is 19.5. The zero-order chi connectivity index (χ0) is 23.4. The van der Waals surface area contributed by atoms with Gasteiger partial charge in [0.05, 0.1) is 23.6 Å². The van der Waals surface area contributed by atoms with Crippen molar-refractivity contribution < 1.29 is 14.3 Å². The standard InChI is InChI=1S/C26H31N3O4/c1-26(2,3)18-8-6-9-19(14-18)33-17-24(30)29(15-20-10-7-13-32-20)16-23-27-22-12-5-4-11-21(22)25(31)28-23/h4-6,8-9,11-12,14,20H,7,10,13,15-17H2,1-3H3,(H,27,28,31)/t20-/m1/s1. The molecule has 7 heteroatoms. The summed E-state index contributed by atoms with van der Waals surface area (Å²) in [4.78, 5) is 34.7. The summed E-state index contributed by atoms with van der Waals surface area (Å²) in [5.74, 6) is 0.923. The molecule has 1 atom stereocenters. The molecule has 2 heterocycles. The number of carbonyl (C=O) groups excluding carboxylic acids is 1. The largest absolute Gasteiger partial charge is 0.484 e. The summed E-state index contributed by atoms with van der Waals surface area (Å²) < 4.78 is 11.6. The minimum absolute atomic E-state index is 0.0111. The van der Waals surface area contributed by atoms with E-state index in [1.165, 1.54) is 0 Å². The van der Waals surface area contributed by atoms with Crippen molar-refractivity contribution in [3.8, 4) is 5.75 Å². The van der Waals surface area contributed by atoms with Crippen molar-refractivity contribution in [2.24, 2.45) is 0 Å². The molecule has 1 amide bonds. The van der Waals surface area contributed by atoms with E-state index in [1.54, 1.807) is 23.1 Å². The summed E-state index contributed by atoms with van der Waals surface area (Å²) in [6.45, 7) is 7.63. The predicted octanol–water partition coefficient (Wildman–Crippen LogP) is 3.81. The van der Waals surface area contributed by atoms with Gasteiger partial charge in [0, 0.05) is 13.2 Å². The van der Waals surface area contributed by atoms with E-state index in [-0.39, 0.29) is 36.1 Å². The third-order valence-corrected chi connectivity index (χ3v) is 5.87. The minimum Gasteiger partial charge on any atom is -0.484 e. The number of rotatable bonds is 7. The first-order valence-electron chi connectivity index (χ1n) is 11.4. The minimum atomic E-state index is -0.213. The topological polar surface area (TPSA) is 84.5 Å². The zero-order valence-corrected chi connectivity index (χ0v) is 19.5. The normalized spacial score (nSPS) is 16.2. The van der Waals surface area contributed by atoms with Gasteiger partial charge in [0.1, 0.15) is 11.6 Å². The molecule has 1 N–H and O–H groups in total. The molecule has 1 fully saturated rings. The highest BCUT2D eigenvalue weighted by Gasteiger charge is 2.24. The van der Waals surface area contributed by atoms with E-state index in [1.807, 2.05) is 24.3 Å². The van der Waals surface area contributed by atoms with E-state index < -0.39 is 0 Å². The van der Waals surface area contributed by atoms with Crippen LogP contribution >= 0.6 is 0 Å². The number of aromatic nitrogens is 2. The van der Waals surface area contributed by atoms with Crippen LogP contribution in [0.3, 0.4) is 0 Å². The van der Waals surface area contributed by atoms with Gasteiger partial charge in [-0.15, -0.1) is 0 Å². The first-order valence-corrected chi connectivity index (χ1v) is 11.4. The van der Waals surface area contributed by atoms with Gasteiger partial charge in [-0.3, -0.25) is 9.59 Å². The lowest BCUT2D eigenvalue weighted by molar-refractivity contribution is -0.135. The molecule has 0 bridgehead atoms. The van der Waals surface area contributed by atoms with Crippen LogP contribution in [-0.4, -0.2) is 46.6 Å². The molecule has 0 spiro atoms. The molecule has 4 rings (SSSR count). The summed E-state index contributed by atoms with van der Waals surface area (Å²) in [6, 6.07) is 15.0.